The van der Waals surface area contributed by atoms with Gasteiger partial charge in [0.25, 0.3) is 0 Å². The van der Waals surface area contributed by atoms with Crippen LogP contribution in [0.5, 0.6) is 17.2 Å². The van der Waals surface area contributed by atoms with Crippen LogP contribution in [0.25, 0.3) is 0 Å². The summed E-state index contributed by atoms with van der Waals surface area (Å²) in [7, 11) is -2.50. The summed E-state index contributed by atoms with van der Waals surface area (Å²) in [4.78, 5) is 0. The predicted octanol–water partition coefficient (Wildman–Crippen LogP) is 4.17. The maximum Gasteiger partial charge on any atom is 0.201 e. The Labute approximate surface area is 162 Å². The number of hydrogen-bond donors (Lipinski definition) is 2. The van der Waals surface area contributed by atoms with Gasteiger partial charge in [0.05, 0.1) is 6.61 Å². The van der Waals surface area contributed by atoms with Gasteiger partial charge in [0.15, 0.2) is 0 Å². The summed E-state index contributed by atoms with van der Waals surface area (Å²) in [6.07, 6.45) is 5.60. The van der Waals surface area contributed by atoms with Gasteiger partial charge >= 0.3 is 0 Å². The minimum atomic E-state index is -2.50. The molecule has 0 amide bonds. The zero-order valence-corrected chi connectivity index (χ0v) is 16.3. The van der Waals surface area contributed by atoms with Crippen molar-refractivity contribution >= 4 is 10.9 Å². The van der Waals surface area contributed by atoms with Gasteiger partial charge in [-0.3, -0.25) is 0 Å². The van der Waals surface area contributed by atoms with Crippen molar-refractivity contribution in [3.63, 3.8) is 0 Å². The molecule has 0 radical (unpaired) electrons. The molecule has 1 aliphatic carbocycles. The molecule has 2 unspecified atom stereocenters. The standard InChI is InChI=1S/C21H27NO4S/c23-27(24)22-15-14-17-6-4-5-7-18(17)16-25-19-10-12-21(13-11-19)26-20-8-2-1-3-9-20/h1-3,8-13,17-18,27H,4-7,14-16H2,(H,22,23,24). The van der Waals surface area contributed by atoms with Crippen LogP contribution in [0.4, 0.5) is 0 Å². The highest BCUT2D eigenvalue weighted by Gasteiger charge is 2.25. The Bertz CT molecular complexity index is 754. The largest absolute Gasteiger partial charge is 0.493 e. The predicted molar refractivity (Wildman–Crippen MR) is 107 cm³/mol. The fourth-order valence-electron chi connectivity index (χ4n) is 3.66. The molecule has 0 aliphatic heterocycles. The third-order valence-corrected chi connectivity index (χ3v) is 5.57. The molecule has 0 bridgehead atoms. The van der Waals surface area contributed by atoms with Crippen molar-refractivity contribution in [1.82, 2.24) is 4.72 Å². The van der Waals surface area contributed by atoms with Gasteiger partial charge in [-0.2, -0.15) is 0 Å². The molecule has 1 saturated carbocycles. The Kier molecular flexibility index (Phi) is 7.54. The SMILES string of the molecule is O=[SH](=O)NCCC1CCCCC1COc1ccc(Oc2ccccc2)cc1. The van der Waals surface area contributed by atoms with Crippen molar-refractivity contribution < 1.29 is 17.9 Å². The molecule has 0 spiro atoms. The van der Waals surface area contributed by atoms with Crippen LogP contribution in [0.1, 0.15) is 32.1 Å². The van der Waals surface area contributed by atoms with Crippen LogP contribution in [-0.4, -0.2) is 21.6 Å². The van der Waals surface area contributed by atoms with Gasteiger partial charge in [-0.15, -0.1) is 0 Å². The maximum atomic E-state index is 10.7. The lowest BCUT2D eigenvalue weighted by atomic mass is 9.78. The third kappa shape index (κ3) is 6.56. The number of ether oxygens (including phenoxy) is 2. The van der Waals surface area contributed by atoms with Gasteiger partial charge in [-0.05, 0) is 61.1 Å². The van der Waals surface area contributed by atoms with Gasteiger partial charge in [0.1, 0.15) is 17.2 Å². The van der Waals surface area contributed by atoms with E-state index < -0.39 is 10.9 Å². The second-order valence-corrected chi connectivity index (χ2v) is 7.79. The van der Waals surface area contributed by atoms with Crippen molar-refractivity contribution in [3.05, 3.63) is 54.6 Å². The average Bonchev–Trinajstić information content (AvgIpc) is 2.69. The van der Waals surface area contributed by atoms with E-state index in [0.717, 1.165) is 36.5 Å². The molecule has 5 nitrogen and oxygen atoms in total. The summed E-state index contributed by atoms with van der Waals surface area (Å²) >= 11 is 0. The number of thiol groups is 1. The lowest BCUT2D eigenvalue weighted by molar-refractivity contribution is 0.143. The minimum absolute atomic E-state index is 0.477. The molecule has 146 valence electrons. The van der Waals surface area contributed by atoms with E-state index in [0.29, 0.717) is 25.0 Å². The summed E-state index contributed by atoms with van der Waals surface area (Å²) < 4.78 is 35.7. The lowest BCUT2D eigenvalue weighted by Crippen LogP contribution is -2.28. The van der Waals surface area contributed by atoms with Gasteiger partial charge in [0.2, 0.25) is 10.9 Å². The second kappa shape index (κ2) is 10.3. The van der Waals surface area contributed by atoms with Crippen LogP contribution in [0, 0.1) is 11.8 Å². The van der Waals surface area contributed by atoms with Gasteiger partial charge < -0.3 is 9.47 Å². The molecule has 2 aromatic carbocycles. The highest BCUT2D eigenvalue weighted by molar-refractivity contribution is 7.70. The van der Waals surface area contributed by atoms with Crippen molar-refractivity contribution in [3.8, 4) is 17.2 Å². The van der Waals surface area contributed by atoms with Gasteiger partial charge in [-0.1, -0.05) is 37.5 Å². The van der Waals surface area contributed by atoms with Gasteiger partial charge in [0, 0.05) is 6.54 Å². The van der Waals surface area contributed by atoms with E-state index in [4.69, 9.17) is 9.47 Å². The number of rotatable bonds is 9. The van der Waals surface area contributed by atoms with Crippen LogP contribution < -0.4 is 14.2 Å². The lowest BCUT2D eigenvalue weighted by Gasteiger charge is -2.31. The quantitative estimate of drug-likeness (QED) is 0.632. The summed E-state index contributed by atoms with van der Waals surface area (Å²) in [6, 6.07) is 17.4. The highest BCUT2D eigenvalue weighted by atomic mass is 32.2. The van der Waals surface area contributed by atoms with Crippen LogP contribution in [0.15, 0.2) is 54.6 Å². The maximum absolute atomic E-state index is 10.7. The van der Waals surface area contributed by atoms with Crippen molar-refractivity contribution in [2.45, 2.75) is 32.1 Å². The van der Waals surface area contributed by atoms with Gasteiger partial charge in [-0.25, -0.2) is 13.1 Å². The number of nitrogens with one attached hydrogen (secondary N) is 1. The zero-order chi connectivity index (χ0) is 18.9. The van der Waals surface area contributed by atoms with Crippen LogP contribution >= 0.6 is 0 Å². The first-order valence-electron chi connectivity index (χ1n) is 9.54. The van der Waals surface area contributed by atoms with Crippen molar-refractivity contribution in [1.29, 1.82) is 0 Å². The molecule has 2 atom stereocenters. The Morgan fingerprint density at radius 3 is 2.19 bits per heavy atom. The Morgan fingerprint density at radius 2 is 1.48 bits per heavy atom. The highest BCUT2D eigenvalue weighted by Crippen LogP contribution is 2.33. The van der Waals surface area contributed by atoms with Crippen LogP contribution in [-0.2, 0) is 10.9 Å². The number of para-hydroxylation sites is 1. The molecule has 0 aromatic heterocycles. The molecule has 1 fully saturated rings. The molecule has 1 aliphatic rings. The summed E-state index contributed by atoms with van der Waals surface area (Å²) in [5.74, 6) is 3.42. The topological polar surface area (TPSA) is 64.6 Å². The molecule has 2 aromatic rings. The smallest absolute Gasteiger partial charge is 0.201 e. The normalized spacial score (nSPS) is 19.7. The first-order valence-corrected chi connectivity index (χ1v) is 10.7. The van der Waals surface area contributed by atoms with E-state index in [2.05, 4.69) is 4.72 Å². The summed E-state index contributed by atoms with van der Waals surface area (Å²) in [6.45, 7) is 1.19. The van der Waals surface area contributed by atoms with Crippen molar-refractivity contribution in [2.75, 3.05) is 13.2 Å². The Morgan fingerprint density at radius 1 is 0.852 bits per heavy atom. The van der Waals surface area contributed by atoms with E-state index in [9.17, 15) is 8.42 Å². The zero-order valence-electron chi connectivity index (χ0n) is 15.4. The fraction of sp³-hybridized carbons (Fsp3) is 0.429. The Hall–Kier alpha value is -2.05. The molecule has 27 heavy (non-hydrogen) atoms. The van der Waals surface area contributed by atoms with Crippen LogP contribution in [0.3, 0.4) is 0 Å². The summed E-state index contributed by atoms with van der Waals surface area (Å²) in [5, 5.41) is 0. The minimum Gasteiger partial charge on any atom is -0.493 e. The van der Waals surface area contributed by atoms with Crippen molar-refractivity contribution in [2.24, 2.45) is 11.8 Å². The van der Waals surface area contributed by atoms with E-state index in [1.165, 1.54) is 12.8 Å². The molecule has 1 N–H and O–H groups in total. The fourth-order valence-corrected chi connectivity index (χ4v) is 3.97. The first-order chi connectivity index (χ1) is 13.2. The monoisotopic (exact) mass is 389 g/mol. The van der Waals surface area contributed by atoms with E-state index in [1.807, 2.05) is 54.6 Å². The molecule has 3 rings (SSSR count). The van der Waals surface area contributed by atoms with E-state index in [1.54, 1.807) is 0 Å². The Balaban J connectivity index is 1.49. The summed E-state index contributed by atoms with van der Waals surface area (Å²) in [5.41, 5.74) is 0. The second-order valence-electron chi connectivity index (χ2n) is 6.96. The molecular weight excluding hydrogens is 362 g/mol. The third-order valence-electron chi connectivity index (χ3n) is 5.09. The van der Waals surface area contributed by atoms with E-state index >= 15 is 0 Å². The van der Waals surface area contributed by atoms with Crippen LogP contribution in [0.2, 0.25) is 0 Å². The average molecular weight is 390 g/mol. The number of hydrogen-bond acceptors (Lipinski definition) is 4. The number of benzene rings is 2. The molecule has 6 heteroatoms. The first kappa shape index (κ1) is 19.7. The van der Waals surface area contributed by atoms with E-state index in [-0.39, 0.29) is 0 Å². The molecular formula is C21H27NO4S. The molecule has 0 saturated heterocycles. The molecule has 0 heterocycles.